The number of hydrogen-bond acceptors (Lipinski definition) is 4. The van der Waals surface area contributed by atoms with Gasteiger partial charge in [0, 0.05) is 19.5 Å². The van der Waals surface area contributed by atoms with Crippen LogP contribution in [0.1, 0.15) is 37.3 Å². The standard InChI is InChI=1S/C24H27FN2O4/c1-16(2)18-9-7-17(8-10-18)11-12-26-22(28)15-31-24(30)19-13-23(29)27(14-19)21-6-4-3-5-20(21)25/h3-10,16,19H,11-15H2,1-2H3,(H,26,28)/t19-/m0/s1. The quantitative estimate of drug-likeness (QED) is 0.658. The highest BCUT2D eigenvalue weighted by molar-refractivity contribution is 5.99. The van der Waals surface area contributed by atoms with Gasteiger partial charge in [-0.15, -0.1) is 0 Å². The van der Waals surface area contributed by atoms with Gasteiger partial charge in [-0.2, -0.15) is 0 Å². The highest BCUT2D eigenvalue weighted by atomic mass is 19.1. The van der Waals surface area contributed by atoms with Gasteiger partial charge in [-0.3, -0.25) is 14.4 Å². The van der Waals surface area contributed by atoms with Gasteiger partial charge in [0.15, 0.2) is 6.61 Å². The Hall–Kier alpha value is -3.22. The Morgan fingerprint density at radius 2 is 1.87 bits per heavy atom. The molecule has 1 aliphatic heterocycles. The molecule has 2 aromatic rings. The summed E-state index contributed by atoms with van der Waals surface area (Å²) in [7, 11) is 0. The van der Waals surface area contributed by atoms with E-state index in [1.54, 1.807) is 6.07 Å². The highest BCUT2D eigenvalue weighted by Crippen LogP contribution is 2.27. The number of nitrogens with one attached hydrogen (secondary N) is 1. The molecule has 0 aromatic heterocycles. The zero-order chi connectivity index (χ0) is 22.4. The molecule has 1 aliphatic rings. The van der Waals surface area contributed by atoms with Gasteiger partial charge in [-0.05, 0) is 35.6 Å². The summed E-state index contributed by atoms with van der Waals surface area (Å²) in [6, 6.07) is 14.2. The van der Waals surface area contributed by atoms with Crippen molar-refractivity contribution in [3.05, 3.63) is 65.5 Å². The predicted molar refractivity (Wildman–Crippen MR) is 115 cm³/mol. The number of carbonyl (C=O) groups is 3. The summed E-state index contributed by atoms with van der Waals surface area (Å²) in [4.78, 5) is 37.7. The van der Waals surface area contributed by atoms with Crippen LogP contribution < -0.4 is 10.2 Å². The average Bonchev–Trinajstić information content (AvgIpc) is 3.14. The van der Waals surface area contributed by atoms with Crippen LogP contribution in [0.4, 0.5) is 10.1 Å². The maximum Gasteiger partial charge on any atom is 0.311 e. The molecule has 1 heterocycles. The molecule has 2 aromatic carbocycles. The third kappa shape index (κ3) is 5.90. The van der Waals surface area contributed by atoms with E-state index in [9.17, 15) is 18.8 Å². The first-order chi connectivity index (χ1) is 14.8. The third-order valence-corrected chi connectivity index (χ3v) is 5.33. The minimum atomic E-state index is -0.723. The van der Waals surface area contributed by atoms with E-state index in [4.69, 9.17) is 4.74 Å². The summed E-state index contributed by atoms with van der Waals surface area (Å²) < 4.78 is 19.0. The third-order valence-electron chi connectivity index (χ3n) is 5.33. The number of rotatable bonds is 8. The van der Waals surface area contributed by atoms with Crippen LogP contribution in [-0.2, 0) is 25.5 Å². The van der Waals surface area contributed by atoms with Gasteiger partial charge in [-0.1, -0.05) is 50.2 Å². The molecule has 3 rings (SSSR count). The number of carbonyl (C=O) groups excluding carboxylic acids is 3. The molecule has 1 N–H and O–H groups in total. The Bertz CT molecular complexity index is 943. The molecule has 0 unspecified atom stereocenters. The Morgan fingerprint density at radius 1 is 1.16 bits per heavy atom. The van der Waals surface area contributed by atoms with Crippen molar-refractivity contribution in [3.63, 3.8) is 0 Å². The predicted octanol–water partition coefficient (Wildman–Crippen LogP) is 3.20. The zero-order valence-corrected chi connectivity index (χ0v) is 17.8. The van der Waals surface area contributed by atoms with Crippen LogP contribution >= 0.6 is 0 Å². The molecular weight excluding hydrogens is 399 g/mol. The van der Waals surface area contributed by atoms with Crippen molar-refractivity contribution in [2.24, 2.45) is 5.92 Å². The normalized spacial score (nSPS) is 15.9. The van der Waals surface area contributed by atoms with Crippen molar-refractivity contribution in [1.82, 2.24) is 5.32 Å². The number of benzene rings is 2. The molecule has 0 radical (unpaired) electrons. The second-order valence-corrected chi connectivity index (χ2v) is 7.96. The first-order valence-electron chi connectivity index (χ1n) is 10.4. The van der Waals surface area contributed by atoms with Crippen LogP contribution in [0.3, 0.4) is 0 Å². The second kappa shape index (κ2) is 10.2. The van der Waals surface area contributed by atoms with E-state index in [1.165, 1.54) is 28.7 Å². The van der Waals surface area contributed by atoms with Crippen molar-refractivity contribution in [2.45, 2.75) is 32.6 Å². The molecule has 1 fully saturated rings. The Kier molecular flexibility index (Phi) is 7.39. The Balaban J connectivity index is 1.40. The lowest BCUT2D eigenvalue weighted by atomic mass is 10.0. The van der Waals surface area contributed by atoms with E-state index in [0.29, 0.717) is 18.9 Å². The van der Waals surface area contributed by atoms with E-state index in [2.05, 4.69) is 31.3 Å². The van der Waals surface area contributed by atoms with Gasteiger partial charge < -0.3 is 15.0 Å². The fourth-order valence-corrected chi connectivity index (χ4v) is 3.49. The molecule has 7 heteroatoms. The monoisotopic (exact) mass is 426 g/mol. The molecule has 1 atom stereocenters. The van der Waals surface area contributed by atoms with E-state index in [1.807, 2.05) is 12.1 Å². The largest absolute Gasteiger partial charge is 0.455 e. The molecule has 31 heavy (non-hydrogen) atoms. The van der Waals surface area contributed by atoms with E-state index < -0.39 is 30.2 Å². The number of hydrogen-bond donors (Lipinski definition) is 1. The number of para-hydroxylation sites is 1. The summed E-state index contributed by atoms with van der Waals surface area (Å²) in [6.45, 7) is 4.33. The maximum absolute atomic E-state index is 13.9. The number of halogens is 1. The van der Waals surface area contributed by atoms with Crippen LogP contribution in [0.15, 0.2) is 48.5 Å². The van der Waals surface area contributed by atoms with E-state index >= 15 is 0 Å². The van der Waals surface area contributed by atoms with Gasteiger partial charge in [0.1, 0.15) is 5.82 Å². The van der Waals surface area contributed by atoms with Crippen molar-refractivity contribution >= 4 is 23.5 Å². The summed E-state index contributed by atoms with van der Waals surface area (Å²) in [5, 5.41) is 2.72. The van der Waals surface area contributed by atoms with Gasteiger partial charge in [0.2, 0.25) is 5.91 Å². The zero-order valence-electron chi connectivity index (χ0n) is 17.8. The fraction of sp³-hybridized carbons (Fsp3) is 0.375. The van der Waals surface area contributed by atoms with Crippen molar-refractivity contribution in [1.29, 1.82) is 0 Å². The van der Waals surface area contributed by atoms with Gasteiger partial charge in [0.05, 0.1) is 11.6 Å². The maximum atomic E-state index is 13.9. The molecule has 1 saturated heterocycles. The number of ether oxygens (including phenoxy) is 1. The summed E-state index contributed by atoms with van der Waals surface area (Å²) in [5.41, 5.74) is 2.51. The number of esters is 1. The molecule has 0 aliphatic carbocycles. The minimum Gasteiger partial charge on any atom is -0.455 e. The molecule has 6 nitrogen and oxygen atoms in total. The Morgan fingerprint density at radius 3 is 2.55 bits per heavy atom. The van der Waals surface area contributed by atoms with Crippen LogP contribution in [-0.4, -0.2) is 37.5 Å². The topological polar surface area (TPSA) is 75.7 Å². The minimum absolute atomic E-state index is 0.0343. The molecule has 0 saturated carbocycles. The Labute approximate surface area is 181 Å². The molecular formula is C24H27FN2O4. The number of amides is 2. The van der Waals surface area contributed by atoms with Crippen LogP contribution in [0.25, 0.3) is 0 Å². The smallest absolute Gasteiger partial charge is 0.311 e. The first-order valence-corrected chi connectivity index (χ1v) is 10.4. The molecule has 2 amide bonds. The lowest BCUT2D eigenvalue weighted by Gasteiger charge is -2.17. The lowest BCUT2D eigenvalue weighted by Crippen LogP contribution is -2.32. The van der Waals surface area contributed by atoms with Gasteiger partial charge in [0.25, 0.3) is 5.91 Å². The van der Waals surface area contributed by atoms with Crippen molar-refractivity contribution in [3.8, 4) is 0 Å². The summed E-state index contributed by atoms with van der Waals surface area (Å²) in [6.07, 6.45) is 0.605. The second-order valence-electron chi connectivity index (χ2n) is 7.96. The molecule has 0 spiro atoms. The van der Waals surface area contributed by atoms with E-state index in [0.717, 1.165) is 5.56 Å². The van der Waals surface area contributed by atoms with Gasteiger partial charge >= 0.3 is 5.97 Å². The SMILES string of the molecule is CC(C)c1ccc(CCNC(=O)COC(=O)[C@H]2CC(=O)N(c3ccccc3F)C2)cc1. The number of anilines is 1. The molecule has 0 bridgehead atoms. The van der Waals surface area contributed by atoms with Crippen LogP contribution in [0.2, 0.25) is 0 Å². The van der Waals surface area contributed by atoms with Crippen molar-refractivity contribution in [2.75, 3.05) is 24.6 Å². The number of nitrogens with zero attached hydrogens (tertiary/aromatic N) is 1. The lowest BCUT2D eigenvalue weighted by molar-refractivity contribution is -0.152. The van der Waals surface area contributed by atoms with Crippen LogP contribution in [0, 0.1) is 11.7 Å². The average molecular weight is 426 g/mol. The fourth-order valence-electron chi connectivity index (χ4n) is 3.49. The first kappa shape index (κ1) is 22.5. The summed E-state index contributed by atoms with van der Waals surface area (Å²) in [5.74, 6) is -2.16. The molecule has 164 valence electrons. The van der Waals surface area contributed by atoms with Crippen molar-refractivity contribution < 1.29 is 23.5 Å². The van der Waals surface area contributed by atoms with Gasteiger partial charge in [-0.25, -0.2) is 4.39 Å². The summed E-state index contributed by atoms with van der Waals surface area (Å²) >= 11 is 0. The van der Waals surface area contributed by atoms with E-state index in [-0.39, 0.29) is 24.6 Å². The highest BCUT2D eigenvalue weighted by Gasteiger charge is 2.37. The van der Waals surface area contributed by atoms with Crippen LogP contribution in [0.5, 0.6) is 0 Å².